The SMILES string of the molecule is CC1CCN(CC(O)CN2C[C@@H](N)[C@H](c3ccc(F)cc3)C2)CC1. The van der Waals surface area contributed by atoms with Gasteiger partial charge < -0.3 is 15.7 Å². The first kappa shape index (κ1) is 17.8. The van der Waals surface area contributed by atoms with E-state index in [2.05, 4.69) is 16.7 Å². The van der Waals surface area contributed by atoms with Crippen molar-refractivity contribution in [2.45, 2.75) is 37.8 Å². The molecular formula is C19H30FN3O. The van der Waals surface area contributed by atoms with Crippen molar-refractivity contribution < 1.29 is 9.50 Å². The Hall–Kier alpha value is -1.01. The number of hydrogen-bond acceptors (Lipinski definition) is 4. The van der Waals surface area contributed by atoms with Gasteiger partial charge in [0.25, 0.3) is 0 Å². The van der Waals surface area contributed by atoms with Gasteiger partial charge in [0.1, 0.15) is 5.82 Å². The molecule has 2 saturated heterocycles. The quantitative estimate of drug-likeness (QED) is 0.859. The van der Waals surface area contributed by atoms with Gasteiger partial charge in [0, 0.05) is 38.1 Å². The molecule has 0 bridgehead atoms. The van der Waals surface area contributed by atoms with Crippen molar-refractivity contribution in [1.82, 2.24) is 9.80 Å². The Morgan fingerprint density at radius 2 is 1.75 bits per heavy atom. The second kappa shape index (κ2) is 7.91. The molecule has 0 spiro atoms. The molecule has 0 aromatic heterocycles. The number of aliphatic hydroxyl groups excluding tert-OH is 1. The number of nitrogens with zero attached hydrogens (tertiary/aromatic N) is 2. The molecule has 3 rings (SSSR count). The van der Waals surface area contributed by atoms with Crippen molar-refractivity contribution in [1.29, 1.82) is 0 Å². The Kier molecular flexibility index (Phi) is 5.87. The Morgan fingerprint density at radius 1 is 1.12 bits per heavy atom. The van der Waals surface area contributed by atoms with E-state index in [4.69, 9.17) is 5.73 Å². The number of nitrogens with two attached hydrogens (primary N) is 1. The molecule has 0 saturated carbocycles. The first-order valence-electron chi connectivity index (χ1n) is 9.15. The van der Waals surface area contributed by atoms with Gasteiger partial charge in [-0.2, -0.15) is 0 Å². The van der Waals surface area contributed by atoms with E-state index >= 15 is 0 Å². The summed E-state index contributed by atoms with van der Waals surface area (Å²) in [6, 6.07) is 6.69. The summed E-state index contributed by atoms with van der Waals surface area (Å²) < 4.78 is 13.1. The number of halogens is 1. The third-order valence-corrected chi connectivity index (χ3v) is 5.55. The normalized spacial score (nSPS) is 28.3. The van der Waals surface area contributed by atoms with E-state index in [1.165, 1.54) is 25.0 Å². The predicted molar refractivity (Wildman–Crippen MR) is 94.4 cm³/mol. The van der Waals surface area contributed by atoms with Crippen LogP contribution >= 0.6 is 0 Å². The van der Waals surface area contributed by atoms with Crippen molar-refractivity contribution in [3.05, 3.63) is 35.6 Å². The van der Waals surface area contributed by atoms with Crippen molar-refractivity contribution in [3.8, 4) is 0 Å². The summed E-state index contributed by atoms with van der Waals surface area (Å²) in [6.45, 7) is 7.52. The number of β-amino-alcohol motifs (C(OH)–C–C–N with tert-alkyl or cyclic N) is 1. The molecule has 1 aromatic rings. The summed E-state index contributed by atoms with van der Waals surface area (Å²) in [7, 11) is 0. The summed E-state index contributed by atoms with van der Waals surface area (Å²) in [6.07, 6.45) is 2.12. The first-order chi connectivity index (χ1) is 11.5. The number of likely N-dealkylation sites (tertiary alicyclic amines) is 2. The Morgan fingerprint density at radius 3 is 2.42 bits per heavy atom. The number of aliphatic hydroxyl groups is 1. The minimum Gasteiger partial charge on any atom is -0.390 e. The standard InChI is InChI=1S/C19H30FN3O/c1-14-6-8-22(9-7-14)10-17(24)11-23-12-18(19(21)13-23)15-2-4-16(20)5-3-15/h2-5,14,17-19,24H,6-13,21H2,1H3/t17?,18-,19+/m0/s1. The number of piperidine rings is 1. The molecule has 4 nitrogen and oxygen atoms in total. The van der Waals surface area contributed by atoms with Gasteiger partial charge in [0.05, 0.1) is 6.10 Å². The van der Waals surface area contributed by atoms with Gasteiger partial charge in [0.15, 0.2) is 0 Å². The van der Waals surface area contributed by atoms with Gasteiger partial charge >= 0.3 is 0 Å². The zero-order valence-corrected chi connectivity index (χ0v) is 14.6. The van der Waals surface area contributed by atoms with E-state index in [9.17, 15) is 9.50 Å². The topological polar surface area (TPSA) is 52.7 Å². The number of rotatable bonds is 5. The highest BCUT2D eigenvalue weighted by Crippen LogP contribution is 2.27. The van der Waals surface area contributed by atoms with Crippen LogP contribution in [0.15, 0.2) is 24.3 Å². The molecule has 1 aromatic carbocycles. The predicted octanol–water partition coefficient (Wildman–Crippen LogP) is 1.64. The van der Waals surface area contributed by atoms with Crippen LogP contribution < -0.4 is 5.73 Å². The summed E-state index contributed by atoms with van der Waals surface area (Å²) in [4.78, 5) is 4.62. The van der Waals surface area contributed by atoms with Crippen LogP contribution in [0.5, 0.6) is 0 Å². The smallest absolute Gasteiger partial charge is 0.123 e. The van der Waals surface area contributed by atoms with Crippen LogP contribution in [0.3, 0.4) is 0 Å². The highest BCUT2D eigenvalue weighted by molar-refractivity contribution is 5.24. The Bertz CT molecular complexity index is 516. The van der Waals surface area contributed by atoms with Crippen LogP contribution in [0.1, 0.15) is 31.2 Å². The van der Waals surface area contributed by atoms with Crippen LogP contribution in [0.25, 0.3) is 0 Å². The molecule has 2 heterocycles. The molecular weight excluding hydrogens is 305 g/mol. The van der Waals surface area contributed by atoms with Gasteiger partial charge in [-0.25, -0.2) is 4.39 Å². The molecule has 3 atom stereocenters. The van der Waals surface area contributed by atoms with E-state index in [0.717, 1.165) is 44.2 Å². The molecule has 2 fully saturated rings. The number of hydrogen-bond donors (Lipinski definition) is 2. The summed E-state index contributed by atoms with van der Waals surface area (Å²) in [5.41, 5.74) is 7.38. The third kappa shape index (κ3) is 4.54. The largest absolute Gasteiger partial charge is 0.390 e. The molecule has 0 aliphatic carbocycles. The highest BCUT2D eigenvalue weighted by atomic mass is 19.1. The maximum absolute atomic E-state index is 13.1. The molecule has 1 unspecified atom stereocenters. The van der Waals surface area contributed by atoms with Crippen LogP contribution in [-0.4, -0.2) is 66.3 Å². The average molecular weight is 335 g/mol. The zero-order chi connectivity index (χ0) is 17.1. The molecule has 2 aliphatic heterocycles. The fourth-order valence-electron chi connectivity index (χ4n) is 4.02. The summed E-state index contributed by atoms with van der Waals surface area (Å²) in [5.74, 6) is 0.813. The first-order valence-corrected chi connectivity index (χ1v) is 9.15. The Balaban J connectivity index is 1.48. The van der Waals surface area contributed by atoms with Crippen molar-refractivity contribution in [2.75, 3.05) is 39.3 Å². The maximum atomic E-state index is 13.1. The lowest BCUT2D eigenvalue weighted by molar-refractivity contribution is 0.0668. The van der Waals surface area contributed by atoms with Crippen molar-refractivity contribution >= 4 is 0 Å². The van der Waals surface area contributed by atoms with Crippen LogP contribution in [-0.2, 0) is 0 Å². The van der Waals surface area contributed by atoms with E-state index in [-0.39, 0.29) is 23.9 Å². The van der Waals surface area contributed by atoms with Gasteiger partial charge in [-0.1, -0.05) is 19.1 Å². The lowest BCUT2D eigenvalue weighted by atomic mass is 9.95. The molecule has 24 heavy (non-hydrogen) atoms. The molecule has 3 N–H and O–H groups in total. The molecule has 5 heteroatoms. The lowest BCUT2D eigenvalue weighted by Crippen LogP contribution is -2.43. The van der Waals surface area contributed by atoms with E-state index in [1.807, 2.05) is 12.1 Å². The van der Waals surface area contributed by atoms with Gasteiger partial charge in [-0.05, 0) is 49.5 Å². The highest BCUT2D eigenvalue weighted by Gasteiger charge is 2.32. The van der Waals surface area contributed by atoms with Crippen LogP contribution in [0, 0.1) is 11.7 Å². The second-order valence-corrected chi connectivity index (χ2v) is 7.68. The van der Waals surface area contributed by atoms with Crippen LogP contribution in [0.4, 0.5) is 4.39 Å². The average Bonchev–Trinajstić information content (AvgIpc) is 2.90. The van der Waals surface area contributed by atoms with Crippen molar-refractivity contribution in [3.63, 3.8) is 0 Å². The van der Waals surface area contributed by atoms with E-state index in [1.54, 1.807) is 0 Å². The molecule has 0 amide bonds. The summed E-state index contributed by atoms with van der Waals surface area (Å²) in [5, 5.41) is 10.4. The lowest BCUT2D eigenvalue weighted by Gasteiger charge is -2.32. The molecule has 0 radical (unpaired) electrons. The van der Waals surface area contributed by atoms with E-state index < -0.39 is 0 Å². The molecule has 134 valence electrons. The molecule has 2 aliphatic rings. The fraction of sp³-hybridized carbons (Fsp3) is 0.684. The van der Waals surface area contributed by atoms with Crippen LogP contribution in [0.2, 0.25) is 0 Å². The van der Waals surface area contributed by atoms with Gasteiger partial charge in [-0.15, -0.1) is 0 Å². The van der Waals surface area contributed by atoms with Crippen molar-refractivity contribution in [2.24, 2.45) is 11.7 Å². The maximum Gasteiger partial charge on any atom is 0.123 e. The minimum absolute atomic E-state index is 0.0403. The van der Waals surface area contributed by atoms with E-state index in [0.29, 0.717) is 6.54 Å². The van der Waals surface area contributed by atoms with Gasteiger partial charge in [-0.3, -0.25) is 4.90 Å². The summed E-state index contributed by atoms with van der Waals surface area (Å²) >= 11 is 0. The Labute approximate surface area is 144 Å². The second-order valence-electron chi connectivity index (χ2n) is 7.68. The fourth-order valence-corrected chi connectivity index (χ4v) is 4.02. The third-order valence-electron chi connectivity index (χ3n) is 5.55. The monoisotopic (exact) mass is 335 g/mol. The minimum atomic E-state index is -0.336. The zero-order valence-electron chi connectivity index (χ0n) is 14.6. The van der Waals surface area contributed by atoms with Gasteiger partial charge in [0.2, 0.25) is 0 Å². The number of benzene rings is 1.